The first kappa shape index (κ1) is 7.61. The Morgan fingerprint density at radius 2 is 1.92 bits per heavy atom. The van der Waals surface area contributed by atoms with Crippen LogP contribution in [0.25, 0.3) is 0 Å². The third kappa shape index (κ3) is 1.39. The zero-order valence-corrected chi connectivity index (χ0v) is 7.95. The molecule has 3 rings (SSSR count). The molecule has 3 unspecified atom stereocenters. The lowest BCUT2D eigenvalue weighted by atomic mass is 9.95. The minimum Gasteiger partial charge on any atom is -0.0622 e. The van der Waals surface area contributed by atoms with Crippen molar-refractivity contribution in [2.24, 2.45) is 17.8 Å². The van der Waals surface area contributed by atoms with E-state index in [0.29, 0.717) is 0 Å². The summed E-state index contributed by atoms with van der Waals surface area (Å²) < 4.78 is 0. The summed E-state index contributed by atoms with van der Waals surface area (Å²) in [7, 11) is 0. The number of rotatable bonds is 2. The summed E-state index contributed by atoms with van der Waals surface area (Å²) in [6.45, 7) is 0. The quantitative estimate of drug-likeness (QED) is 0.642. The molecule has 13 heavy (non-hydrogen) atoms. The van der Waals surface area contributed by atoms with Crippen LogP contribution in [0.2, 0.25) is 0 Å². The number of benzene rings is 1. The van der Waals surface area contributed by atoms with Gasteiger partial charge < -0.3 is 0 Å². The van der Waals surface area contributed by atoms with Gasteiger partial charge >= 0.3 is 0 Å². The lowest BCUT2D eigenvalue weighted by Crippen LogP contribution is -2.02. The predicted molar refractivity (Wildman–Crippen MR) is 54.5 cm³/mol. The molecule has 0 bridgehead atoms. The van der Waals surface area contributed by atoms with E-state index in [-0.39, 0.29) is 0 Å². The van der Waals surface area contributed by atoms with E-state index in [2.05, 4.69) is 30.3 Å². The number of hydrogen-bond acceptors (Lipinski definition) is 0. The monoisotopic (exact) mass is 172 g/mol. The van der Waals surface area contributed by atoms with Crippen LogP contribution in [0.3, 0.4) is 0 Å². The lowest BCUT2D eigenvalue weighted by molar-refractivity contribution is 0.478. The fourth-order valence-corrected chi connectivity index (χ4v) is 2.99. The van der Waals surface area contributed by atoms with Gasteiger partial charge in [-0.2, -0.15) is 0 Å². The second-order valence-electron chi connectivity index (χ2n) is 4.69. The molecule has 0 spiro atoms. The van der Waals surface area contributed by atoms with E-state index in [1.54, 1.807) is 5.56 Å². The predicted octanol–water partition coefficient (Wildman–Crippen LogP) is 3.28. The van der Waals surface area contributed by atoms with Crippen molar-refractivity contribution in [2.45, 2.75) is 25.7 Å². The Hall–Kier alpha value is -0.780. The molecule has 68 valence electrons. The van der Waals surface area contributed by atoms with Crippen molar-refractivity contribution in [1.29, 1.82) is 0 Å². The van der Waals surface area contributed by atoms with Gasteiger partial charge in [0, 0.05) is 0 Å². The van der Waals surface area contributed by atoms with Gasteiger partial charge in [-0.05, 0) is 49.0 Å². The maximum atomic E-state index is 2.27. The smallest absolute Gasteiger partial charge is 0.0248 e. The molecule has 0 radical (unpaired) electrons. The van der Waals surface area contributed by atoms with Gasteiger partial charge in [-0.1, -0.05) is 30.3 Å². The van der Waals surface area contributed by atoms with Crippen molar-refractivity contribution in [2.75, 3.05) is 0 Å². The Balaban J connectivity index is 1.69. The minimum atomic E-state index is 1.02. The van der Waals surface area contributed by atoms with E-state index in [1.165, 1.54) is 25.7 Å². The zero-order chi connectivity index (χ0) is 8.67. The molecule has 0 aromatic heterocycles. The largest absolute Gasteiger partial charge is 0.0622 e. The van der Waals surface area contributed by atoms with Crippen molar-refractivity contribution >= 4 is 0 Å². The molecule has 1 aromatic carbocycles. The van der Waals surface area contributed by atoms with Crippen molar-refractivity contribution in [3.05, 3.63) is 35.9 Å². The second-order valence-corrected chi connectivity index (χ2v) is 4.69. The standard InChI is InChI=1S/C13H16/c1-2-4-10(5-3-1)8-11-6-7-12-9-13(11)12/h1-5,11-13H,6-9H2. The molecule has 2 aliphatic carbocycles. The molecular formula is C13H16. The molecule has 2 aliphatic rings. The van der Waals surface area contributed by atoms with Crippen LogP contribution in [0.15, 0.2) is 30.3 Å². The molecule has 0 aliphatic heterocycles. The summed E-state index contributed by atoms with van der Waals surface area (Å²) >= 11 is 0. The zero-order valence-electron chi connectivity index (χ0n) is 7.95. The van der Waals surface area contributed by atoms with Gasteiger partial charge in [-0.3, -0.25) is 0 Å². The SMILES string of the molecule is c1ccc(CC2CCC3CC23)cc1. The second kappa shape index (κ2) is 2.87. The van der Waals surface area contributed by atoms with Gasteiger partial charge in [0.25, 0.3) is 0 Å². The van der Waals surface area contributed by atoms with Crippen LogP contribution in [0.1, 0.15) is 24.8 Å². The van der Waals surface area contributed by atoms with E-state index in [4.69, 9.17) is 0 Å². The van der Waals surface area contributed by atoms with E-state index in [0.717, 1.165) is 17.8 Å². The van der Waals surface area contributed by atoms with Crippen LogP contribution in [0, 0.1) is 17.8 Å². The summed E-state index contributed by atoms with van der Waals surface area (Å²) in [5, 5.41) is 0. The third-order valence-electron chi connectivity index (χ3n) is 3.83. The van der Waals surface area contributed by atoms with E-state index >= 15 is 0 Å². The van der Waals surface area contributed by atoms with E-state index in [1.807, 2.05) is 0 Å². The molecule has 2 fully saturated rings. The van der Waals surface area contributed by atoms with Crippen molar-refractivity contribution in [1.82, 2.24) is 0 Å². The topological polar surface area (TPSA) is 0 Å². The molecule has 0 amide bonds. The first-order valence-electron chi connectivity index (χ1n) is 5.47. The Labute approximate surface area is 80.0 Å². The molecule has 0 heteroatoms. The molecule has 2 saturated carbocycles. The Kier molecular flexibility index (Phi) is 1.68. The Morgan fingerprint density at radius 1 is 1.08 bits per heavy atom. The maximum absolute atomic E-state index is 2.27. The van der Waals surface area contributed by atoms with Crippen LogP contribution in [-0.4, -0.2) is 0 Å². The first-order chi connectivity index (χ1) is 6.43. The highest BCUT2D eigenvalue weighted by Gasteiger charge is 2.47. The Morgan fingerprint density at radius 3 is 2.54 bits per heavy atom. The lowest BCUT2D eigenvalue weighted by Gasteiger charge is -2.10. The van der Waals surface area contributed by atoms with Gasteiger partial charge in [0.15, 0.2) is 0 Å². The normalized spacial score (nSPS) is 35.8. The maximum Gasteiger partial charge on any atom is -0.0248 e. The van der Waals surface area contributed by atoms with Crippen LogP contribution in [0.5, 0.6) is 0 Å². The van der Waals surface area contributed by atoms with Gasteiger partial charge in [-0.25, -0.2) is 0 Å². The molecule has 0 saturated heterocycles. The summed E-state index contributed by atoms with van der Waals surface area (Å²) in [5.41, 5.74) is 1.54. The highest BCUT2D eigenvalue weighted by Crippen LogP contribution is 2.56. The Bertz CT molecular complexity index is 288. The van der Waals surface area contributed by atoms with Crippen LogP contribution in [-0.2, 0) is 6.42 Å². The summed E-state index contributed by atoms with van der Waals surface area (Å²) in [6, 6.07) is 11.0. The molecule has 0 heterocycles. The van der Waals surface area contributed by atoms with Crippen molar-refractivity contribution in [3.8, 4) is 0 Å². The average molecular weight is 172 g/mol. The van der Waals surface area contributed by atoms with Gasteiger partial charge in [0.1, 0.15) is 0 Å². The van der Waals surface area contributed by atoms with Gasteiger partial charge in [-0.15, -0.1) is 0 Å². The minimum absolute atomic E-state index is 1.02. The molecule has 0 N–H and O–H groups in total. The third-order valence-corrected chi connectivity index (χ3v) is 3.83. The first-order valence-corrected chi connectivity index (χ1v) is 5.47. The van der Waals surface area contributed by atoms with Crippen LogP contribution >= 0.6 is 0 Å². The molecule has 1 aromatic rings. The summed E-state index contributed by atoms with van der Waals surface area (Å²) in [5.74, 6) is 3.27. The molecular weight excluding hydrogens is 156 g/mol. The number of hydrogen-bond donors (Lipinski definition) is 0. The van der Waals surface area contributed by atoms with Crippen LogP contribution in [0.4, 0.5) is 0 Å². The van der Waals surface area contributed by atoms with Crippen molar-refractivity contribution in [3.63, 3.8) is 0 Å². The van der Waals surface area contributed by atoms with Crippen molar-refractivity contribution < 1.29 is 0 Å². The number of fused-ring (bicyclic) bond motifs is 1. The molecule has 0 nitrogen and oxygen atoms in total. The highest BCUT2D eigenvalue weighted by molar-refractivity contribution is 5.16. The van der Waals surface area contributed by atoms with Gasteiger partial charge in [0.05, 0.1) is 0 Å². The average Bonchev–Trinajstić information content (AvgIpc) is 2.86. The summed E-state index contributed by atoms with van der Waals surface area (Å²) in [4.78, 5) is 0. The van der Waals surface area contributed by atoms with Crippen LogP contribution < -0.4 is 0 Å². The van der Waals surface area contributed by atoms with E-state index < -0.39 is 0 Å². The van der Waals surface area contributed by atoms with E-state index in [9.17, 15) is 0 Å². The van der Waals surface area contributed by atoms with Gasteiger partial charge in [0.2, 0.25) is 0 Å². The fourth-order valence-electron chi connectivity index (χ4n) is 2.99. The summed E-state index contributed by atoms with van der Waals surface area (Å²) in [6.07, 6.45) is 5.88. The highest BCUT2D eigenvalue weighted by atomic mass is 14.5. The fraction of sp³-hybridized carbons (Fsp3) is 0.538. The molecule has 3 atom stereocenters.